The van der Waals surface area contributed by atoms with Crippen LogP contribution in [-0.4, -0.2) is 19.5 Å². The maximum atomic E-state index is 13.9. The van der Waals surface area contributed by atoms with Gasteiger partial charge in [-0.25, -0.2) is 18.7 Å². The van der Waals surface area contributed by atoms with Crippen molar-refractivity contribution in [2.75, 3.05) is 0 Å². The number of halogens is 2. The molecule has 7 heteroatoms. The number of imidazole rings is 1. The van der Waals surface area contributed by atoms with Crippen molar-refractivity contribution in [3.05, 3.63) is 52.8 Å². The molecule has 2 aromatic heterocycles. The summed E-state index contributed by atoms with van der Waals surface area (Å²) in [7, 11) is 0. The third kappa shape index (κ3) is 2.01. The number of aromatic nitrogens is 4. The van der Waals surface area contributed by atoms with Gasteiger partial charge in [-0.3, -0.25) is 0 Å². The van der Waals surface area contributed by atoms with E-state index in [0.717, 1.165) is 6.07 Å². The highest BCUT2D eigenvalue weighted by Crippen LogP contribution is 2.21. The number of fused-ring (bicyclic) bond motifs is 1. The monoisotopic (exact) mass is 278 g/mol. The molecule has 96 valence electrons. The van der Waals surface area contributed by atoms with Gasteiger partial charge in [-0.1, -0.05) is 0 Å². The zero-order valence-corrected chi connectivity index (χ0v) is 10.4. The van der Waals surface area contributed by atoms with Gasteiger partial charge in [-0.15, -0.1) is 0 Å². The molecule has 0 unspecified atom stereocenters. The van der Waals surface area contributed by atoms with Crippen molar-refractivity contribution < 1.29 is 8.78 Å². The maximum absolute atomic E-state index is 13.9. The third-order valence-electron chi connectivity index (χ3n) is 2.79. The second-order valence-corrected chi connectivity index (χ2v) is 4.36. The largest absolute Gasteiger partial charge is 0.330 e. The van der Waals surface area contributed by atoms with Crippen LogP contribution in [0.5, 0.6) is 0 Å². The highest BCUT2D eigenvalue weighted by atomic mass is 32.1. The van der Waals surface area contributed by atoms with Gasteiger partial charge in [0.25, 0.3) is 0 Å². The number of hydrogen-bond acceptors (Lipinski definition) is 3. The van der Waals surface area contributed by atoms with Crippen molar-refractivity contribution in [2.24, 2.45) is 0 Å². The number of nitrogens with zero attached hydrogens (tertiary/aromatic N) is 3. The Morgan fingerprint density at radius 2 is 2.11 bits per heavy atom. The van der Waals surface area contributed by atoms with Crippen molar-refractivity contribution in [3.8, 4) is 0 Å². The van der Waals surface area contributed by atoms with Crippen LogP contribution in [-0.2, 0) is 6.54 Å². The van der Waals surface area contributed by atoms with Crippen molar-refractivity contribution in [2.45, 2.75) is 6.54 Å². The van der Waals surface area contributed by atoms with Crippen LogP contribution in [0.1, 0.15) is 5.69 Å². The predicted molar refractivity (Wildman–Crippen MR) is 68.2 cm³/mol. The molecule has 0 saturated carbocycles. The number of aromatic amines is 1. The highest BCUT2D eigenvalue weighted by Gasteiger charge is 2.14. The minimum atomic E-state index is -0.918. The van der Waals surface area contributed by atoms with E-state index in [1.807, 2.05) is 0 Å². The summed E-state index contributed by atoms with van der Waals surface area (Å²) in [5.41, 5.74) is 1.23. The lowest BCUT2D eigenvalue weighted by molar-refractivity contribution is 0.512. The van der Waals surface area contributed by atoms with Crippen LogP contribution in [0.25, 0.3) is 11.0 Å². The number of nitrogens with one attached hydrogen (secondary N) is 1. The fourth-order valence-electron chi connectivity index (χ4n) is 1.91. The summed E-state index contributed by atoms with van der Waals surface area (Å²) in [6.45, 7) is 0.252. The molecule has 0 atom stereocenters. The van der Waals surface area contributed by atoms with E-state index in [0.29, 0.717) is 16.0 Å². The van der Waals surface area contributed by atoms with E-state index in [-0.39, 0.29) is 12.1 Å². The number of benzene rings is 1. The minimum Gasteiger partial charge on any atom is -0.330 e. The SMILES string of the molecule is Fc1ccc2[nH]c(=S)n(Cc3ccncn3)c2c1F. The average molecular weight is 278 g/mol. The maximum Gasteiger partial charge on any atom is 0.184 e. The van der Waals surface area contributed by atoms with Crippen LogP contribution < -0.4 is 0 Å². The Kier molecular flexibility index (Phi) is 2.83. The summed E-state index contributed by atoms with van der Waals surface area (Å²) in [4.78, 5) is 10.7. The van der Waals surface area contributed by atoms with E-state index in [9.17, 15) is 8.78 Å². The summed E-state index contributed by atoms with van der Waals surface area (Å²) in [5, 5.41) is 0. The van der Waals surface area contributed by atoms with E-state index in [2.05, 4.69) is 15.0 Å². The molecule has 4 nitrogen and oxygen atoms in total. The molecule has 0 saturated heterocycles. The van der Waals surface area contributed by atoms with Crippen LogP contribution in [0, 0.1) is 16.4 Å². The Bertz CT molecular complexity index is 795. The molecule has 0 aliphatic carbocycles. The van der Waals surface area contributed by atoms with Gasteiger partial charge in [-0.05, 0) is 30.4 Å². The lowest BCUT2D eigenvalue weighted by atomic mass is 10.3. The molecule has 3 rings (SSSR count). The molecule has 0 spiro atoms. The molecule has 0 aliphatic heterocycles. The van der Waals surface area contributed by atoms with Crippen LogP contribution in [0.2, 0.25) is 0 Å². The minimum absolute atomic E-state index is 0.114. The molecule has 0 bridgehead atoms. The van der Waals surface area contributed by atoms with E-state index in [4.69, 9.17) is 12.2 Å². The molecule has 0 aliphatic rings. The van der Waals surface area contributed by atoms with Crippen molar-refractivity contribution in [3.63, 3.8) is 0 Å². The van der Waals surface area contributed by atoms with Crippen LogP contribution >= 0.6 is 12.2 Å². The van der Waals surface area contributed by atoms with Gasteiger partial charge in [0.1, 0.15) is 11.8 Å². The lowest BCUT2D eigenvalue weighted by Crippen LogP contribution is -2.03. The first-order valence-corrected chi connectivity index (χ1v) is 5.89. The Morgan fingerprint density at radius 1 is 1.26 bits per heavy atom. The summed E-state index contributed by atoms with van der Waals surface area (Å²) in [6, 6.07) is 4.22. The van der Waals surface area contributed by atoms with Crippen LogP contribution in [0.15, 0.2) is 30.7 Å². The molecular weight excluding hydrogens is 270 g/mol. The molecule has 0 amide bonds. The fourth-order valence-corrected chi connectivity index (χ4v) is 2.18. The summed E-state index contributed by atoms with van der Waals surface area (Å²) >= 11 is 5.13. The van der Waals surface area contributed by atoms with Gasteiger partial charge in [0.2, 0.25) is 0 Å². The quantitative estimate of drug-likeness (QED) is 0.733. The Morgan fingerprint density at radius 3 is 2.84 bits per heavy atom. The molecule has 19 heavy (non-hydrogen) atoms. The molecule has 0 radical (unpaired) electrons. The lowest BCUT2D eigenvalue weighted by Gasteiger charge is -2.04. The molecule has 2 heterocycles. The first-order valence-electron chi connectivity index (χ1n) is 5.48. The number of H-pyrrole nitrogens is 1. The summed E-state index contributed by atoms with van der Waals surface area (Å²) < 4.78 is 29.0. The van der Waals surface area contributed by atoms with Gasteiger partial charge in [0.15, 0.2) is 16.4 Å². The fraction of sp³-hybridized carbons (Fsp3) is 0.0833. The zero-order valence-electron chi connectivity index (χ0n) is 9.60. The second kappa shape index (κ2) is 4.51. The molecule has 0 fully saturated rings. The topological polar surface area (TPSA) is 46.5 Å². The Balaban J connectivity index is 2.21. The molecule has 1 aromatic carbocycles. The van der Waals surface area contributed by atoms with Gasteiger partial charge in [0.05, 0.1) is 17.8 Å². The first kappa shape index (κ1) is 11.9. The van der Waals surface area contributed by atoms with Crippen LogP contribution in [0.4, 0.5) is 8.78 Å². The molecule has 3 aromatic rings. The highest BCUT2D eigenvalue weighted by molar-refractivity contribution is 7.71. The number of rotatable bonds is 2. The Hall–Kier alpha value is -2.15. The van der Waals surface area contributed by atoms with Crippen LogP contribution in [0.3, 0.4) is 0 Å². The third-order valence-corrected chi connectivity index (χ3v) is 3.11. The molecule has 1 N–H and O–H groups in total. The van der Waals surface area contributed by atoms with E-state index < -0.39 is 11.6 Å². The van der Waals surface area contributed by atoms with Gasteiger partial charge < -0.3 is 9.55 Å². The van der Waals surface area contributed by atoms with Crippen molar-refractivity contribution in [1.29, 1.82) is 0 Å². The van der Waals surface area contributed by atoms with Gasteiger partial charge in [0, 0.05) is 6.20 Å². The van der Waals surface area contributed by atoms with E-state index in [1.54, 1.807) is 12.3 Å². The van der Waals surface area contributed by atoms with Gasteiger partial charge >= 0.3 is 0 Å². The smallest absolute Gasteiger partial charge is 0.184 e. The summed E-state index contributed by atoms with van der Waals surface area (Å²) in [5.74, 6) is -1.82. The van der Waals surface area contributed by atoms with E-state index >= 15 is 0 Å². The molecular formula is C12H8F2N4S. The summed E-state index contributed by atoms with van der Waals surface area (Å²) in [6.07, 6.45) is 2.97. The van der Waals surface area contributed by atoms with E-state index in [1.165, 1.54) is 17.0 Å². The van der Waals surface area contributed by atoms with Crippen molar-refractivity contribution in [1.82, 2.24) is 19.5 Å². The van der Waals surface area contributed by atoms with Gasteiger partial charge in [-0.2, -0.15) is 0 Å². The first-order chi connectivity index (χ1) is 9.16. The number of hydrogen-bond donors (Lipinski definition) is 1. The normalized spacial score (nSPS) is 11.1. The Labute approximate surface area is 111 Å². The standard InChI is InChI=1S/C12H8F2N4S/c13-8-1-2-9-11(10(8)14)18(12(19)17-9)5-7-3-4-15-6-16-7/h1-4,6H,5H2,(H,17,19). The second-order valence-electron chi connectivity index (χ2n) is 3.97. The average Bonchev–Trinajstić information content (AvgIpc) is 2.73. The predicted octanol–water partition coefficient (Wildman–Crippen LogP) is 2.82. The zero-order chi connectivity index (χ0) is 13.4. The van der Waals surface area contributed by atoms with Crippen molar-refractivity contribution >= 4 is 23.3 Å².